The molecule has 1 heterocycles. The van der Waals surface area contributed by atoms with E-state index >= 15 is 0 Å². The average Bonchev–Trinajstić information content (AvgIpc) is 3.03. The van der Waals surface area contributed by atoms with Crippen LogP contribution in [-0.2, 0) is 11.3 Å². The second-order valence-electron chi connectivity index (χ2n) is 6.81. The summed E-state index contributed by atoms with van der Waals surface area (Å²) in [6.07, 6.45) is 1.71. The van der Waals surface area contributed by atoms with Crippen molar-refractivity contribution in [2.24, 2.45) is 0 Å². The van der Waals surface area contributed by atoms with Crippen LogP contribution >= 0.6 is 0 Å². The molecule has 1 N–H and O–H groups in total. The molecule has 1 aromatic heterocycles. The summed E-state index contributed by atoms with van der Waals surface area (Å²) in [5, 5.41) is 16.4. The molecule has 2 aromatic carbocycles. The molecule has 0 saturated carbocycles. The van der Waals surface area contributed by atoms with E-state index in [9.17, 15) is 14.9 Å². The van der Waals surface area contributed by atoms with Gasteiger partial charge in [0.25, 0.3) is 0 Å². The lowest BCUT2D eigenvalue weighted by Gasteiger charge is -2.09. The number of nitriles is 1. The van der Waals surface area contributed by atoms with Crippen molar-refractivity contribution in [2.75, 3.05) is 0 Å². The Balaban J connectivity index is 2.14. The van der Waals surface area contributed by atoms with Gasteiger partial charge in [0, 0.05) is 11.6 Å². The summed E-state index contributed by atoms with van der Waals surface area (Å²) in [5.74, 6) is 0.0279. The minimum atomic E-state index is -0.437. The highest BCUT2D eigenvalue weighted by molar-refractivity contribution is 5.76. The van der Waals surface area contributed by atoms with Gasteiger partial charge in [-0.3, -0.25) is 9.36 Å². The fourth-order valence-electron chi connectivity index (χ4n) is 2.91. The molecule has 146 valence electrons. The van der Waals surface area contributed by atoms with Crippen molar-refractivity contribution in [3.63, 3.8) is 0 Å². The molecule has 0 bridgehead atoms. The van der Waals surface area contributed by atoms with Gasteiger partial charge < -0.3 is 5.32 Å². The maximum absolute atomic E-state index is 13.1. The molecule has 29 heavy (non-hydrogen) atoms. The highest BCUT2D eigenvalue weighted by atomic mass is 16.2. The summed E-state index contributed by atoms with van der Waals surface area (Å²) >= 11 is 0. The van der Waals surface area contributed by atoms with Gasteiger partial charge in [0.15, 0.2) is 5.82 Å². The fourth-order valence-corrected chi connectivity index (χ4v) is 2.91. The van der Waals surface area contributed by atoms with Crippen LogP contribution in [0.15, 0.2) is 59.9 Å². The maximum Gasteiger partial charge on any atom is 0.351 e. The van der Waals surface area contributed by atoms with Gasteiger partial charge in [-0.2, -0.15) is 9.94 Å². The molecule has 3 rings (SSSR count). The zero-order valence-corrected chi connectivity index (χ0v) is 16.3. The summed E-state index contributed by atoms with van der Waals surface area (Å²) in [7, 11) is 0. The maximum atomic E-state index is 13.1. The first-order chi connectivity index (χ1) is 13.9. The van der Waals surface area contributed by atoms with E-state index in [0.717, 1.165) is 5.56 Å². The molecule has 7 nitrogen and oxygen atoms in total. The van der Waals surface area contributed by atoms with Crippen LogP contribution in [-0.4, -0.2) is 26.3 Å². The first kappa shape index (κ1) is 19.8. The van der Waals surface area contributed by atoms with Gasteiger partial charge >= 0.3 is 5.69 Å². The molecule has 0 aliphatic heterocycles. The van der Waals surface area contributed by atoms with Crippen LogP contribution in [0, 0.1) is 11.3 Å². The lowest BCUT2D eigenvalue weighted by Crippen LogP contribution is -2.36. The monoisotopic (exact) mass is 387 g/mol. The smallest absolute Gasteiger partial charge is 0.351 e. The van der Waals surface area contributed by atoms with Crippen molar-refractivity contribution in [2.45, 2.75) is 26.4 Å². The predicted octanol–water partition coefficient (Wildman–Crippen LogP) is 2.74. The SMILES string of the molecule is C=Cc1ccc(-n2nc(-c3cccc(C#N)c3)n(CC(=O)NC(C)C)c2=O)cc1. The summed E-state index contributed by atoms with van der Waals surface area (Å²) < 4.78 is 2.57. The molecule has 0 fully saturated rings. The number of benzene rings is 2. The number of aromatic nitrogens is 3. The summed E-state index contributed by atoms with van der Waals surface area (Å²) in [6.45, 7) is 7.25. The van der Waals surface area contributed by atoms with Gasteiger partial charge in [-0.15, -0.1) is 5.10 Å². The Morgan fingerprint density at radius 3 is 2.62 bits per heavy atom. The Morgan fingerprint density at radius 1 is 1.28 bits per heavy atom. The van der Waals surface area contributed by atoms with Crippen LogP contribution in [0.2, 0.25) is 0 Å². The second kappa shape index (κ2) is 8.40. The molecular formula is C22H21N5O2. The van der Waals surface area contributed by atoms with E-state index in [-0.39, 0.29) is 18.5 Å². The lowest BCUT2D eigenvalue weighted by molar-refractivity contribution is -0.122. The summed E-state index contributed by atoms with van der Waals surface area (Å²) in [5.41, 5.74) is 2.08. The topological polar surface area (TPSA) is 92.7 Å². The minimum absolute atomic E-state index is 0.0509. The molecule has 7 heteroatoms. The number of rotatable bonds is 6. The third kappa shape index (κ3) is 4.33. The second-order valence-corrected chi connectivity index (χ2v) is 6.81. The first-order valence-corrected chi connectivity index (χ1v) is 9.15. The van der Waals surface area contributed by atoms with Crippen LogP contribution in [0.1, 0.15) is 25.0 Å². The number of hydrogen-bond donors (Lipinski definition) is 1. The van der Waals surface area contributed by atoms with Gasteiger partial charge in [0.05, 0.1) is 17.3 Å². The van der Waals surface area contributed by atoms with Crippen LogP contribution in [0.3, 0.4) is 0 Å². The highest BCUT2D eigenvalue weighted by Crippen LogP contribution is 2.19. The van der Waals surface area contributed by atoms with Gasteiger partial charge in [0.1, 0.15) is 6.54 Å². The molecule has 0 unspecified atom stereocenters. The van der Waals surface area contributed by atoms with E-state index < -0.39 is 5.69 Å². The van der Waals surface area contributed by atoms with E-state index in [1.54, 1.807) is 42.5 Å². The molecule has 0 spiro atoms. The van der Waals surface area contributed by atoms with Crippen LogP contribution in [0.4, 0.5) is 0 Å². The molecule has 1 amide bonds. The number of nitrogens with zero attached hydrogens (tertiary/aromatic N) is 4. The van der Waals surface area contributed by atoms with E-state index in [1.165, 1.54) is 9.25 Å². The quantitative estimate of drug-likeness (QED) is 0.704. The van der Waals surface area contributed by atoms with Gasteiger partial charge in [-0.05, 0) is 43.7 Å². The minimum Gasteiger partial charge on any atom is -0.352 e. The largest absolute Gasteiger partial charge is 0.352 e. The average molecular weight is 387 g/mol. The van der Waals surface area contributed by atoms with Crippen molar-refractivity contribution >= 4 is 12.0 Å². The van der Waals surface area contributed by atoms with E-state index in [0.29, 0.717) is 22.6 Å². The Bertz CT molecular complexity index is 1150. The normalized spacial score (nSPS) is 10.6. The van der Waals surface area contributed by atoms with Crippen LogP contribution in [0.5, 0.6) is 0 Å². The van der Waals surface area contributed by atoms with Gasteiger partial charge in [-0.1, -0.05) is 36.9 Å². The van der Waals surface area contributed by atoms with E-state index in [4.69, 9.17) is 0 Å². The molecule has 0 aliphatic carbocycles. The van der Waals surface area contributed by atoms with Crippen LogP contribution in [0.25, 0.3) is 23.2 Å². The van der Waals surface area contributed by atoms with E-state index in [1.807, 2.05) is 26.0 Å². The van der Waals surface area contributed by atoms with Gasteiger partial charge in [0.2, 0.25) is 5.91 Å². The molecule has 0 atom stereocenters. The molecular weight excluding hydrogens is 366 g/mol. The third-order valence-corrected chi connectivity index (χ3v) is 4.24. The highest BCUT2D eigenvalue weighted by Gasteiger charge is 2.19. The van der Waals surface area contributed by atoms with Crippen molar-refractivity contribution in [3.8, 4) is 23.1 Å². The standard InChI is InChI=1S/C22H21N5O2/c1-4-16-8-10-19(11-9-16)27-22(29)26(14-20(28)24-15(2)3)21(25-27)18-7-5-6-17(12-18)13-23/h4-12,15H,1,14H2,2-3H3,(H,24,28). The Hall–Kier alpha value is -3.92. The number of carbonyl (C=O) groups is 1. The number of amides is 1. The predicted molar refractivity (Wildman–Crippen MR) is 111 cm³/mol. The van der Waals surface area contributed by atoms with Crippen molar-refractivity contribution < 1.29 is 4.79 Å². The first-order valence-electron chi connectivity index (χ1n) is 9.15. The van der Waals surface area contributed by atoms with Crippen molar-refractivity contribution in [1.29, 1.82) is 5.26 Å². The molecule has 0 radical (unpaired) electrons. The third-order valence-electron chi connectivity index (χ3n) is 4.24. The number of hydrogen-bond acceptors (Lipinski definition) is 4. The Kier molecular flexibility index (Phi) is 5.74. The number of nitrogens with one attached hydrogen (secondary N) is 1. The molecule has 3 aromatic rings. The van der Waals surface area contributed by atoms with Crippen LogP contribution < -0.4 is 11.0 Å². The molecule has 0 saturated heterocycles. The van der Waals surface area contributed by atoms with E-state index in [2.05, 4.69) is 23.1 Å². The lowest BCUT2D eigenvalue weighted by atomic mass is 10.1. The zero-order valence-electron chi connectivity index (χ0n) is 16.3. The summed E-state index contributed by atoms with van der Waals surface area (Å²) in [4.78, 5) is 25.4. The molecule has 0 aliphatic rings. The van der Waals surface area contributed by atoms with Crippen molar-refractivity contribution in [3.05, 3.63) is 76.7 Å². The van der Waals surface area contributed by atoms with Crippen molar-refractivity contribution in [1.82, 2.24) is 19.7 Å². The Morgan fingerprint density at radius 2 is 2.00 bits per heavy atom. The Labute approximate surface area is 168 Å². The van der Waals surface area contributed by atoms with Gasteiger partial charge in [-0.25, -0.2) is 4.79 Å². The number of carbonyl (C=O) groups excluding carboxylic acids is 1. The summed E-state index contributed by atoms with van der Waals surface area (Å²) in [6, 6.07) is 16.0. The zero-order chi connectivity index (χ0) is 21.0. The fraction of sp³-hybridized carbons (Fsp3) is 0.182.